The molecule has 0 amide bonds. The second-order valence-electron chi connectivity index (χ2n) is 5.75. The molecule has 0 spiro atoms. The van der Waals surface area contributed by atoms with E-state index in [1.165, 1.54) is 12.8 Å². The van der Waals surface area contributed by atoms with Crippen LogP contribution < -0.4 is 4.90 Å². The summed E-state index contributed by atoms with van der Waals surface area (Å²) < 4.78 is 0. The molecule has 2 fully saturated rings. The number of carboxylic acids is 1. The van der Waals surface area contributed by atoms with E-state index in [9.17, 15) is 4.79 Å². The van der Waals surface area contributed by atoms with Gasteiger partial charge in [-0.2, -0.15) is 0 Å². The summed E-state index contributed by atoms with van der Waals surface area (Å²) in [7, 11) is 2.21. The third-order valence-electron chi connectivity index (χ3n) is 4.70. The third kappa shape index (κ3) is 2.38. The maximum atomic E-state index is 11.0. The van der Waals surface area contributed by atoms with Crippen molar-refractivity contribution >= 4 is 23.3 Å². The molecule has 1 aromatic carbocycles. The number of carbonyl (C=O) groups is 1. The van der Waals surface area contributed by atoms with E-state index in [0.717, 1.165) is 25.2 Å². The van der Waals surface area contributed by atoms with Gasteiger partial charge >= 0.3 is 5.97 Å². The van der Waals surface area contributed by atoms with Gasteiger partial charge < -0.3 is 10.0 Å². The van der Waals surface area contributed by atoms with Crippen LogP contribution in [-0.2, 0) is 0 Å². The van der Waals surface area contributed by atoms with E-state index in [1.807, 2.05) is 6.07 Å². The minimum Gasteiger partial charge on any atom is -0.478 e. The van der Waals surface area contributed by atoms with Crippen LogP contribution in [0, 0.1) is 0 Å². The summed E-state index contributed by atoms with van der Waals surface area (Å²) in [5.74, 6) is -0.976. The highest BCUT2D eigenvalue weighted by molar-refractivity contribution is 6.33. The predicted octanol–water partition coefficient (Wildman–Crippen LogP) is 2.71. The molecule has 2 aliphatic heterocycles. The summed E-state index contributed by atoms with van der Waals surface area (Å²) in [4.78, 5) is 15.8. The first-order valence-corrected chi connectivity index (χ1v) is 7.44. The van der Waals surface area contributed by atoms with Gasteiger partial charge in [-0.25, -0.2) is 4.79 Å². The van der Waals surface area contributed by atoms with Crippen LogP contribution in [0.2, 0.25) is 5.02 Å². The van der Waals surface area contributed by atoms with Crippen LogP contribution >= 0.6 is 11.6 Å². The summed E-state index contributed by atoms with van der Waals surface area (Å²) in [5.41, 5.74) is 1.20. The van der Waals surface area contributed by atoms with Crippen LogP contribution in [0.1, 0.15) is 29.6 Å². The summed E-state index contributed by atoms with van der Waals surface area (Å²) >= 11 is 6.07. The molecule has 5 heteroatoms. The van der Waals surface area contributed by atoms with Crippen molar-refractivity contribution in [2.24, 2.45) is 0 Å². The fourth-order valence-electron chi connectivity index (χ4n) is 3.42. The van der Waals surface area contributed by atoms with Gasteiger partial charge in [-0.05, 0) is 44.5 Å². The van der Waals surface area contributed by atoms with Crippen molar-refractivity contribution in [1.82, 2.24) is 4.90 Å². The lowest BCUT2D eigenvalue weighted by Crippen LogP contribution is -2.36. The van der Waals surface area contributed by atoms with Crippen LogP contribution in [0.3, 0.4) is 0 Å². The van der Waals surface area contributed by atoms with E-state index < -0.39 is 5.97 Å². The number of benzene rings is 1. The zero-order valence-corrected chi connectivity index (χ0v) is 12.3. The Bertz CT molecular complexity index is 535. The number of halogens is 1. The number of anilines is 1. The number of hydrogen-bond donors (Lipinski definition) is 1. The highest BCUT2D eigenvalue weighted by Gasteiger charge is 2.34. The SMILES string of the molecule is CN1C2CCC1CN(c1ccc(C(=O)O)c(Cl)c1)CC2. The molecule has 3 rings (SSSR count). The van der Waals surface area contributed by atoms with Gasteiger partial charge in [-0.1, -0.05) is 11.6 Å². The third-order valence-corrected chi connectivity index (χ3v) is 5.01. The van der Waals surface area contributed by atoms with E-state index in [2.05, 4.69) is 16.8 Å². The zero-order chi connectivity index (χ0) is 14.3. The molecule has 0 radical (unpaired) electrons. The first-order chi connectivity index (χ1) is 9.56. The minimum absolute atomic E-state index is 0.170. The lowest BCUT2D eigenvalue weighted by atomic mass is 10.1. The molecule has 2 bridgehead atoms. The van der Waals surface area contributed by atoms with Crippen LogP contribution in [0.15, 0.2) is 18.2 Å². The Morgan fingerprint density at radius 2 is 2.05 bits per heavy atom. The lowest BCUT2D eigenvalue weighted by molar-refractivity contribution is 0.0697. The molecular formula is C15H19ClN2O2. The molecule has 0 aromatic heterocycles. The largest absolute Gasteiger partial charge is 0.478 e. The van der Waals surface area contributed by atoms with E-state index in [1.54, 1.807) is 12.1 Å². The Morgan fingerprint density at radius 1 is 1.30 bits per heavy atom. The summed E-state index contributed by atoms with van der Waals surface area (Å²) in [6.07, 6.45) is 3.71. The predicted molar refractivity (Wildman–Crippen MR) is 79.8 cm³/mol. The number of rotatable bonds is 2. The normalized spacial score (nSPS) is 26.6. The summed E-state index contributed by atoms with van der Waals surface area (Å²) in [5, 5.41) is 9.35. The number of hydrogen-bond acceptors (Lipinski definition) is 3. The Labute approximate surface area is 123 Å². The fraction of sp³-hybridized carbons (Fsp3) is 0.533. The van der Waals surface area contributed by atoms with E-state index in [4.69, 9.17) is 16.7 Å². The summed E-state index contributed by atoms with van der Waals surface area (Å²) in [6.45, 7) is 2.00. The Kier molecular flexibility index (Phi) is 3.61. The van der Waals surface area contributed by atoms with Crippen molar-refractivity contribution in [1.29, 1.82) is 0 Å². The van der Waals surface area contributed by atoms with Crippen molar-refractivity contribution in [3.63, 3.8) is 0 Å². The standard InChI is InChI=1S/C15H19ClN2O2/c1-17-10-2-3-12(17)9-18(7-6-10)11-4-5-13(15(19)20)14(16)8-11/h4-5,8,10,12H,2-3,6-7,9H2,1H3,(H,19,20). The van der Waals surface area contributed by atoms with E-state index in [-0.39, 0.29) is 5.56 Å². The van der Waals surface area contributed by atoms with Crippen LogP contribution in [0.5, 0.6) is 0 Å². The smallest absolute Gasteiger partial charge is 0.337 e. The first kappa shape index (κ1) is 13.7. The molecule has 2 aliphatic rings. The van der Waals surface area contributed by atoms with Gasteiger partial charge in [0.1, 0.15) is 0 Å². The molecule has 0 saturated carbocycles. The number of fused-ring (bicyclic) bond motifs is 2. The number of carboxylic acid groups (broad SMARTS) is 1. The van der Waals surface area contributed by atoms with Gasteiger partial charge in [-0.3, -0.25) is 4.90 Å². The maximum Gasteiger partial charge on any atom is 0.337 e. The van der Waals surface area contributed by atoms with E-state index in [0.29, 0.717) is 17.1 Å². The monoisotopic (exact) mass is 294 g/mol. The van der Waals surface area contributed by atoms with Gasteiger partial charge in [0.15, 0.2) is 0 Å². The van der Waals surface area contributed by atoms with Crippen LogP contribution in [-0.4, -0.2) is 48.2 Å². The second kappa shape index (κ2) is 5.26. The molecular weight excluding hydrogens is 276 g/mol. The van der Waals surface area contributed by atoms with Crippen molar-refractivity contribution in [2.45, 2.75) is 31.3 Å². The van der Waals surface area contributed by atoms with Gasteiger partial charge in [0.25, 0.3) is 0 Å². The minimum atomic E-state index is -0.976. The Morgan fingerprint density at radius 3 is 2.75 bits per heavy atom. The summed E-state index contributed by atoms with van der Waals surface area (Å²) in [6, 6.07) is 6.55. The first-order valence-electron chi connectivity index (χ1n) is 7.06. The molecule has 2 saturated heterocycles. The van der Waals surface area contributed by atoms with Crippen LogP contribution in [0.4, 0.5) is 5.69 Å². The zero-order valence-electron chi connectivity index (χ0n) is 11.6. The molecule has 1 aromatic rings. The Balaban J connectivity index is 1.83. The average molecular weight is 295 g/mol. The molecule has 0 aliphatic carbocycles. The topological polar surface area (TPSA) is 43.8 Å². The molecule has 2 atom stereocenters. The number of aromatic carboxylic acids is 1. The number of nitrogens with zero attached hydrogens (tertiary/aromatic N) is 2. The maximum absolute atomic E-state index is 11.0. The quantitative estimate of drug-likeness (QED) is 0.911. The van der Waals surface area contributed by atoms with Crippen molar-refractivity contribution in [3.8, 4) is 0 Å². The molecule has 2 unspecified atom stereocenters. The van der Waals surface area contributed by atoms with Gasteiger partial charge in [0.05, 0.1) is 10.6 Å². The van der Waals surface area contributed by atoms with Gasteiger partial charge in [0, 0.05) is 30.9 Å². The molecule has 20 heavy (non-hydrogen) atoms. The van der Waals surface area contributed by atoms with Crippen molar-refractivity contribution in [2.75, 3.05) is 25.0 Å². The second-order valence-corrected chi connectivity index (χ2v) is 6.16. The Hall–Kier alpha value is -1.26. The lowest BCUT2D eigenvalue weighted by Gasteiger charge is -2.27. The molecule has 1 N–H and O–H groups in total. The van der Waals surface area contributed by atoms with Crippen molar-refractivity contribution < 1.29 is 9.90 Å². The highest BCUT2D eigenvalue weighted by Crippen LogP contribution is 2.32. The number of likely N-dealkylation sites (N-methyl/N-ethyl adjacent to an activating group) is 1. The van der Waals surface area contributed by atoms with Crippen LogP contribution in [0.25, 0.3) is 0 Å². The van der Waals surface area contributed by atoms with Gasteiger partial charge in [0.2, 0.25) is 0 Å². The fourth-order valence-corrected chi connectivity index (χ4v) is 3.67. The molecule has 108 valence electrons. The highest BCUT2D eigenvalue weighted by atomic mass is 35.5. The average Bonchev–Trinajstić information content (AvgIpc) is 2.62. The molecule has 2 heterocycles. The van der Waals surface area contributed by atoms with Gasteiger partial charge in [-0.15, -0.1) is 0 Å². The molecule has 4 nitrogen and oxygen atoms in total. The van der Waals surface area contributed by atoms with Crippen molar-refractivity contribution in [3.05, 3.63) is 28.8 Å². The van der Waals surface area contributed by atoms with E-state index >= 15 is 0 Å².